The molecule has 5 fully saturated rings. The zero-order valence-electron chi connectivity index (χ0n) is 21.2. The van der Waals surface area contributed by atoms with Crippen molar-refractivity contribution in [2.24, 2.45) is 17.8 Å². The van der Waals surface area contributed by atoms with Crippen LogP contribution in [0.5, 0.6) is 0 Å². The van der Waals surface area contributed by atoms with E-state index in [1.807, 2.05) is 24.3 Å². The zero-order valence-corrected chi connectivity index (χ0v) is 22.8. The third-order valence-corrected chi connectivity index (χ3v) is 9.98. The van der Waals surface area contributed by atoms with E-state index < -0.39 is 17.8 Å². The quantitative estimate of drug-likeness (QED) is 0.264. The Morgan fingerprint density at radius 1 is 0.872 bits per heavy atom. The van der Waals surface area contributed by atoms with Crippen LogP contribution in [0.3, 0.4) is 0 Å². The first-order chi connectivity index (χ1) is 18.8. The normalized spacial score (nSPS) is 28.8. The summed E-state index contributed by atoms with van der Waals surface area (Å²) in [5.74, 6) is 1.42. The maximum Gasteiger partial charge on any atom is 0.335 e. The molecule has 2 aromatic carbocycles. The Morgan fingerprint density at radius 2 is 1.51 bits per heavy atom. The van der Waals surface area contributed by atoms with Crippen LogP contribution in [0.15, 0.2) is 80.6 Å². The fourth-order valence-corrected chi connectivity index (χ4v) is 8.45. The maximum atomic E-state index is 13.4. The predicted octanol–water partition coefficient (Wildman–Crippen LogP) is 7.22. The number of hydrogen-bond donors (Lipinski definition) is 1. The van der Waals surface area contributed by atoms with Crippen LogP contribution >= 0.6 is 23.4 Å². The Morgan fingerprint density at radius 3 is 2.15 bits per heavy atom. The summed E-state index contributed by atoms with van der Waals surface area (Å²) < 4.78 is 5.84. The molecule has 6 nitrogen and oxygen atoms in total. The molecule has 0 radical (unpaired) electrons. The van der Waals surface area contributed by atoms with Crippen molar-refractivity contribution in [3.63, 3.8) is 0 Å². The van der Waals surface area contributed by atoms with Crippen molar-refractivity contribution < 1.29 is 18.8 Å². The molecule has 8 heteroatoms. The molecule has 1 N–H and O–H groups in total. The highest BCUT2D eigenvalue weighted by molar-refractivity contribution is 7.99. The highest BCUT2D eigenvalue weighted by Gasteiger charge is 2.51. The molecule has 4 aliphatic carbocycles. The van der Waals surface area contributed by atoms with Crippen molar-refractivity contribution in [2.75, 3.05) is 4.90 Å². The summed E-state index contributed by atoms with van der Waals surface area (Å²) in [7, 11) is 0. The molecule has 198 valence electrons. The lowest BCUT2D eigenvalue weighted by Gasteiger charge is -2.57. The lowest BCUT2D eigenvalue weighted by Crippen LogP contribution is -2.54. The molecule has 1 aromatic heterocycles. The number of halogens is 1. The molecule has 2 heterocycles. The summed E-state index contributed by atoms with van der Waals surface area (Å²) in [4.78, 5) is 40.8. The zero-order chi connectivity index (χ0) is 26.7. The molecule has 0 unspecified atom stereocenters. The summed E-state index contributed by atoms with van der Waals surface area (Å²) in [5.41, 5.74) is 1.83. The van der Waals surface area contributed by atoms with Gasteiger partial charge in [0.15, 0.2) is 5.09 Å². The smallest absolute Gasteiger partial charge is 0.335 e. The van der Waals surface area contributed by atoms with E-state index in [1.165, 1.54) is 61.9 Å². The van der Waals surface area contributed by atoms with Crippen LogP contribution in [0.2, 0.25) is 5.02 Å². The average Bonchev–Trinajstić information content (AvgIpc) is 3.34. The number of barbiturate groups is 1. The molecule has 1 aliphatic heterocycles. The van der Waals surface area contributed by atoms with Gasteiger partial charge in [-0.3, -0.25) is 14.9 Å². The van der Waals surface area contributed by atoms with Crippen molar-refractivity contribution in [3.05, 3.63) is 82.6 Å². The number of benzene rings is 2. The Labute approximate surface area is 235 Å². The SMILES string of the molecule is O=C1NC(=O)N(c2ccc(C34CC5CC(CC(C5)C3)C4)cc2)C(=O)/C1=C/c1ccc(Sc2ccc(Cl)cc2)o1. The van der Waals surface area contributed by atoms with Gasteiger partial charge in [-0.2, -0.15) is 0 Å². The van der Waals surface area contributed by atoms with Gasteiger partial charge in [0, 0.05) is 9.92 Å². The number of carbonyl (C=O) groups excluding carboxylic acids is 3. The summed E-state index contributed by atoms with van der Waals surface area (Å²) in [5, 5.41) is 3.55. The molecule has 5 aliphatic rings. The Balaban J connectivity index is 1.12. The molecule has 4 bridgehead atoms. The Bertz CT molecular complexity index is 1470. The minimum atomic E-state index is -0.747. The molecular formula is C31H27ClN2O4S. The van der Waals surface area contributed by atoms with E-state index in [2.05, 4.69) is 17.4 Å². The van der Waals surface area contributed by atoms with Crippen molar-refractivity contribution in [1.82, 2.24) is 5.32 Å². The standard InChI is InChI=1S/C31H27ClN2O4S/c32-22-3-8-25(9-4-22)39-27-10-7-24(38-27)14-26-28(35)33-30(37)34(29(26)36)23-5-1-21(2-6-23)31-15-18-11-19(16-31)13-20(12-18)17-31/h1-10,14,18-20H,11-13,15-17H2,(H,33,35,37)/b26-14+. The molecule has 0 atom stereocenters. The van der Waals surface area contributed by atoms with Gasteiger partial charge in [0.2, 0.25) is 0 Å². The highest BCUT2D eigenvalue weighted by atomic mass is 35.5. The Kier molecular flexibility index (Phi) is 5.97. The minimum Gasteiger partial charge on any atom is -0.450 e. The summed E-state index contributed by atoms with van der Waals surface area (Å²) in [6.07, 6.45) is 9.23. The van der Waals surface area contributed by atoms with E-state index in [0.29, 0.717) is 21.6 Å². The van der Waals surface area contributed by atoms with Crippen LogP contribution in [-0.2, 0) is 15.0 Å². The number of rotatable bonds is 5. The maximum absolute atomic E-state index is 13.4. The lowest BCUT2D eigenvalue weighted by atomic mass is 9.48. The number of furan rings is 1. The van der Waals surface area contributed by atoms with Gasteiger partial charge in [-0.1, -0.05) is 35.5 Å². The number of urea groups is 1. The van der Waals surface area contributed by atoms with Crippen molar-refractivity contribution in [2.45, 2.75) is 53.9 Å². The number of hydrogen-bond acceptors (Lipinski definition) is 5. The van der Waals surface area contributed by atoms with Gasteiger partial charge in [-0.05, 0) is 122 Å². The fourth-order valence-electron chi connectivity index (χ4n) is 7.55. The van der Waals surface area contributed by atoms with E-state index in [-0.39, 0.29) is 11.0 Å². The van der Waals surface area contributed by atoms with Gasteiger partial charge >= 0.3 is 6.03 Å². The van der Waals surface area contributed by atoms with E-state index in [9.17, 15) is 14.4 Å². The predicted molar refractivity (Wildman–Crippen MR) is 150 cm³/mol. The van der Waals surface area contributed by atoms with Crippen LogP contribution in [0, 0.1) is 17.8 Å². The van der Waals surface area contributed by atoms with E-state index in [1.54, 1.807) is 24.3 Å². The minimum absolute atomic E-state index is 0.155. The summed E-state index contributed by atoms with van der Waals surface area (Å²) in [6, 6.07) is 17.9. The molecule has 4 amide bonds. The third-order valence-electron chi connectivity index (χ3n) is 8.80. The van der Waals surface area contributed by atoms with Crippen molar-refractivity contribution >= 4 is 53.0 Å². The molecule has 0 spiro atoms. The largest absolute Gasteiger partial charge is 0.450 e. The number of nitrogens with zero attached hydrogens (tertiary/aromatic N) is 1. The number of anilines is 1. The molecule has 8 rings (SSSR count). The van der Waals surface area contributed by atoms with Crippen LogP contribution < -0.4 is 10.2 Å². The highest BCUT2D eigenvalue weighted by Crippen LogP contribution is 2.60. The molecule has 1 saturated heterocycles. The van der Waals surface area contributed by atoms with Gasteiger partial charge in [-0.25, -0.2) is 9.69 Å². The lowest BCUT2D eigenvalue weighted by molar-refractivity contribution is -0.122. The summed E-state index contributed by atoms with van der Waals surface area (Å²) >= 11 is 7.35. The average molecular weight is 559 g/mol. The number of nitrogens with one attached hydrogen (secondary N) is 1. The number of imide groups is 2. The van der Waals surface area contributed by atoms with Crippen LogP contribution in [0.1, 0.15) is 49.8 Å². The first kappa shape index (κ1) is 24.7. The molecule has 4 saturated carbocycles. The van der Waals surface area contributed by atoms with Gasteiger partial charge in [-0.15, -0.1) is 0 Å². The molecular weight excluding hydrogens is 532 g/mol. The van der Waals surface area contributed by atoms with Gasteiger partial charge in [0.05, 0.1) is 5.69 Å². The van der Waals surface area contributed by atoms with Gasteiger partial charge in [0.1, 0.15) is 11.3 Å². The van der Waals surface area contributed by atoms with Crippen LogP contribution in [0.25, 0.3) is 6.08 Å². The Hall–Kier alpha value is -3.29. The number of carbonyl (C=O) groups is 3. The van der Waals surface area contributed by atoms with Crippen LogP contribution in [-0.4, -0.2) is 17.8 Å². The van der Waals surface area contributed by atoms with Crippen LogP contribution in [0.4, 0.5) is 10.5 Å². The van der Waals surface area contributed by atoms with Crippen molar-refractivity contribution in [1.29, 1.82) is 0 Å². The summed E-state index contributed by atoms with van der Waals surface area (Å²) in [6.45, 7) is 0. The monoisotopic (exact) mass is 558 g/mol. The number of amides is 4. The first-order valence-electron chi connectivity index (χ1n) is 13.4. The fraction of sp³-hybridized carbons (Fsp3) is 0.323. The van der Waals surface area contributed by atoms with E-state index in [0.717, 1.165) is 27.5 Å². The topological polar surface area (TPSA) is 79.6 Å². The molecule has 39 heavy (non-hydrogen) atoms. The molecule has 3 aromatic rings. The second-order valence-corrected chi connectivity index (χ2v) is 12.9. The van der Waals surface area contributed by atoms with E-state index >= 15 is 0 Å². The second-order valence-electron chi connectivity index (χ2n) is 11.4. The third kappa shape index (κ3) is 4.51. The van der Waals surface area contributed by atoms with E-state index in [4.69, 9.17) is 16.0 Å². The van der Waals surface area contributed by atoms with Gasteiger partial charge in [0.25, 0.3) is 11.8 Å². The van der Waals surface area contributed by atoms with Gasteiger partial charge < -0.3 is 4.42 Å². The first-order valence-corrected chi connectivity index (χ1v) is 14.6. The van der Waals surface area contributed by atoms with Crippen molar-refractivity contribution in [3.8, 4) is 0 Å². The second kappa shape index (κ2) is 9.42.